The maximum absolute atomic E-state index is 10.2. The second kappa shape index (κ2) is 5.43. The summed E-state index contributed by atoms with van der Waals surface area (Å²) in [7, 11) is 1.80. The zero-order valence-corrected chi connectivity index (χ0v) is 12.5. The third kappa shape index (κ3) is 2.76. The van der Waals surface area contributed by atoms with Crippen molar-refractivity contribution >= 4 is 27.5 Å². The third-order valence-electron chi connectivity index (χ3n) is 2.90. The van der Waals surface area contributed by atoms with Crippen molar-refractivity contribution in [2.45, 2.75) is 19.4 Å². The van der Waals surface area contributed by atoms with E-state index >= 15 is 0 Å². The molecular formula is C13H14BrClN2O. The number of nitrogens with zero attached hydrogens (tertiary/aromatic N) is 2. The molecule has 0 bridgehead atoms. The minimum absolute atomic E-state index is 0.467. The molecule has 0 aliphatic rings. The lowest BCUT2D eigenvalue weighted by molar-refractivity contribution is 0.178. The van der Waals surface area contributed by atoms with E-state index in [2.05, 4.69) is 21.0 Å². The summed E-state index contributed by atoms with van der Waals surface area (Å²) in [5.74, 6) is 0. The van der Waals surface area contributed by atoms with Gasteiger partial charge in [-0.1, -0.05) is 39.7 Å². The van der Waals surface area contributed by atoms with Gasteiger partial charge >= 0.3 is 0 Å². The minimum atomic E-state index is -0.581. The van der Waals surface area contributed by atoms with Crippen LogP contribution in [0.25, 0.3) is 0 Å². The summed E-state index contributed by atoms with van der Waals surface area (Å²) < 4.78 is 2.58. The maximum atomic E-state index is 10.2. The highest BCUT2D eigenvalue weighted by atomic mass is 79.9. The van der Waals surface area contributed by atoms with Crippen molar-refractivity contribution in [2.75, 3.05) is 0 Å². The first-order valence-electron chi connectivity index (χ1n) is 5.60. The Morgan fingerprint density at radius 1 is 1.50 bits per heavy atom. The normalized spacial score (nSPS) is 12.7. The predicted octanol–water partition coefficient (Wildman–Crippen LogP) is 3.42. The quantitative estimate of drug-likeness (QED) is 0.937. The lowest BCUT2D eigenvalue weighted by Gasteiger charge is -2.11. The van der Waals surface area contributed by atoms with Gasteiger partial charge in [-0.2, -0.15) is 5.10 Å². The van der Waals surface area contributed by atoms with E-state index in [-0.39, 0.29) is 0 Å². The Kier molecular flexibility index (Phi) is 4.10. The SMILES string of the molecule is Cc1nn(C)c(Cl)c1CC(O)c1cccc(Br)c1. The highest BCUT2D eigenvalue weighted by Crippen LogP contribution is 2.26. The van der Waals surface area contributed by atoms with Crippen molar-refractivity contribution in [3.05, 3.63) is 50.7 Å². The number of aryl methyl sites for hydroxylation is 2. The van der Waals surface area contributed by atoms with Crippen LogP contribution in [0.4, 0.5) is 0 Å². The van der Waals surface area contributed by atoms with Crippen molar-refractivity contribution in [2.24, 2.45) is 7.05 Å². The number of aliphatic hydroxyl groups is 1. The largest absolute Gasteiger partial charge is 0.388 e. The Hall–Kier alpha value is -0.840. The van der Waals surface area contributed by atoms with E-state index in [4.69, 9.17) is 11.6 Å². The lowest BCUT2D eigenvalue weighted by atomic mass is 10.0. The Bertz CT molecular complexity index is 568. The second-order valence-electron chi connectivity index (χ2n) is 4.25. The highest BCUT2D eigenvalue weighted by Gasteiger charge is 2.16. The van der Waals surface area contributed by atoms with Crippen LogP contribution in [-0.2, 0) is 13.5 Å². The first-order chi connectivity index (χ1) is 8.49. The second-order valence-corrected chi connectivity index (χ2v) is 5.53. The van der Waals surface area contributed by atoms with Crippen LogP contribution >= 0.6 is 27.5 Å². The molecular weight excluding hydrogens is 316 g/mol. The van der Waals surface area contributed by atoms with Gasteiger partial charge in [-0.05, 0) is 24.6 Å². The van der Waals surface area contributed by atoms with E-state index in [1.54, 1.807) is 11.7 Å². The molecule has 1 atom stereocenters. The van der Waals surface area contributed by atoms with Crippen molar-refractivity contribution < 1.29 is 5.11 Å². The number of hydrogen-bond acceptors (Lipinski definition) is 2. The van der Waals surface area contributed by atoms with Crippen LogP contribution in [0.1, 0.15) is 22.9 Å². The summed E-state index contributed by atoms with van der Waals surface area (Å²) in [6.07, 6.45) is -0.113. The van der Waals surface area contributed by atoms with Crippen LogP contribution in [0.15, 0.2) is 28.7 Å². The zero-order chi connectivity index (χ0) is 13.3. The molecule has 0 radical (unpaired) electrons. The molecule has 18 heavy (non-hydrogen) atoms. The smallest absolute Gasteiger partial charge is 0.130 e. The molecule has 1 unspecified atom stereocenters. The summed E-state index contributed by atoms with van der Waals surface area (Å²) in [5, 5.41) is 15.1. The van der Waals surface area contributed by atoms with Crippen molar-refractivity contribution in [1.29, 1.82) is 0 Å². The van der Waals surface area contributed by atoms with Gasteiger partial charge in [0.1, 0.15) is 5.15 Å². The number of benzene rings is 1. The van der Waals surface area contributed by atoms with Crippen LogP contribution in [0, 0.1) is 6.92 Å². The average molecular weight is 330 g/mol. The Morgan fingerprint density at radius 3 is 2.78 bits per heavy atom. The molecule has 1 aromatic carbocycles. The summed E-state index contributed by atoms with van der Waals surface area (Å²) >= 11 is 9.55. The van der Waals surface area contributed by atoms with E-state index in [9.17, 15) is 5.11 Å². The van der Waals surface area contributed by atoms with Crippen LogP contribution in [0.3, 0.4) is 0 Å². The fourth-order valence-electron chi connectivity index (χ4n) is 1.93. The van der Waals surface area contributed by atoms with Crippen molar-refractivity contribution in [1.82, 2.24) is 9.78 Å². The lowest BCUT2D eigenvalue weighted by Crippen LogP contribution is -2.02. The summed E-state index contributed by atoms with van der Waals surface area (Å²) in [6, 6.07) is 7.64. The van der Waals surface area contributed by atoms with Gasteiger partial charge in [0.2, 0.25) is 0 Å². The highest BCUT2D eigenvalue weighted by molar-refractivity contribution is 9.10. The van der Waals surface area contributed by atoms with Crippen LogP contribution in [-0.4, -0.2) is 14.9 Å². The first kappa shape index (κ1) is 13.6. The number of aromatic nitrogens is 2. The van der Waals surface area contributed by atoms with Gasteiger partial charge in [0.15, 0.2) is 0 Å². The van der Waals surface area contributed by atoms with E-state index in [1.807, 2.05) is 31.2 Å². The first-order valence-corrected chi connectivity index (χ1v) is 6.77. The summed E-state index contributed by atoms with van der Waals surface area (Å²) in [5.41, 5.74) is 2.62. The number of hydrogen-bond donors (Lipinski definition) is 1. The minimum Gasteiger partial charge on any atom is -0.388 e. The van der Waals surface area contributed by atoms with Gasteiger partial charge in [0.05, 0.1) is 11.8 Å². The molecule has 0 saturated heterocycles. The number of aliphatic hydroxyl groups excluding tert-OH is 1. The van der Waals surface area contributed by atoms with E-state index in [0.29, 0.717) is 11.6 Å². The molecule has 0 spiro atoms. The van der Waals surface area contributed by atoms with Gasteiger partial charge < -0.3 is 5.11 Å². The predicted molar refractivity (Wildman–Crippen MR) is 75.8 cm³/mol. The van der Waals surface area contributed by atoms with Crippen molar-refractivity contribution in [3.8, 4) is 0 Å². The molecule has 0 fully saturated rings. The van der Waals surface area contributed by atoms with Crippen LogP contribution in [0.2, 0.25) is 5.15 Å². The van der Waals surface area contributed by atoms with E-state index < -0.39 is 6.10 Å². The number of halogens is 2. The molecule has 2 aromatic rings. The van der Waals surface area contributed by atoms with Crippen LogP contribution < -0.4 is 0 Å². The summed E-state index contributed by atoms with van der Waals surface area (Å²) in [4.78, 5) is 0. The van der Waals surface area contributed by atoms with Gasteiger partial charge in [-0.25, -0.2) is 0 Å². The fraction of sp³-hybridized carbons (Fsp3) is 0.308. The standard InChI is InChI=1S/C13H14BrClN2O/c1-8-11(13(15)17(2)16-8)7-12(18)9-4-3-5-10(14)6-9/h3-6,12,18H,7H2,1-2H3. The zero-order valence-electron chi connectivity index (χ0n) is 10.2. The molecule has 3 nitrogen and oxygen atoms in total. The topological polar surface area (TPSA) is 38.0 Å². The Morgan fingerprint density at radius 2 is 2.22 bits per heavy atom. The molecule has 0 amide bonds. The van der Waals surface area contributed by atoms with Gasteiger partial charge in [-0.15, -0.1) is 0 Å². The maximum Gasteiger partial charge on any atom is 0.130 e. The fourth-order valence-corrected chi connectivity index (χ4v) is 2.60. The van der Waals surface area contributed by atoms with Crippen molar-refractivity contribution in [3.63, 3.8) is 0 Å². The molecule has 0 saturated carbocycles. The monoisotopic (exact) mass is 328 g/mol. The molecule has 1 heterocycles. The van der Waals surface area contributed by atoms with Gasteiger partial charge in [-0.3, -0.25) is 4.68 Å². The Labute approximate surface area is 120 Å². The molecule has 1 N–H and O–H groups in total. The average Bonchev–Trinajstić information content (AvgIpc) is 2.56. The molecule has 5 heteroatoms. The Balaban J connectivity index is 2.24. The van der Waals surface area contributed by atoms with E-state index in [0.717, 1.165) is 21.3 Å². The van der Waals surface area contributed by atoms with Crippen LogP contribution in [0.5, 0.6) is 0 Å². The van der Waals surface area contributed by atoms with Gasteiger partial charge in [0, 0.05) is 23.5 Å². The molecule has 0 aliphatic carbocycles. The van der Waals surface area contributed by atoms with Gasteiger partial charge in [0.25, 0.3) is 0 Å². The van der Waals surface area contributed by atoms with E-state index in [1.165, 1.54) is 0 Å². The molecule has 96 valence electrons. The molecule has 2 rings (SSSR count). The number of rotatable bonds is 3. The molecule has 0 aliphatic heterocycles. The summed E-state index contributed by atoms with van der Waals surface area (Å²) in [6.45, 7) is 1.90. The third-order valence-corrected chi connectivity index (χ3v) is 3.87. The molecule has 1 aromatic heterocycles.